The highest BCUT2D eigenvalue weighted by molar-refractivity contribution is 5.48. The van der Waals surface area contributed by atoms with E-state index in [1.165, 1.54) is 0 Å². The van der Waals surface area contributed by atoms with Crippen LogP contribution in [0.1, 0.15) is 25.2 Å². The van der Waals surface area contributed by atoms with Crippen LogP contribution in [0.5, 0.6) is 0 Å². The van der Waals surface area contributed by atoms with E-state index in [9.17, 15) is 0 Å². The van der Waals surface area contributed by atoms with Crippen molar-refractivity contribution < 1.29 is 4.42 Å². The summed E-state index contributed by atoms with van der Waals surface area (Å²) in [5.74, 6) is 0.957. The van der Waals surface area contributed by atoms with Gasteiger partial charge in [0.2, 0.25) is 0 Å². The number of rotatable bonds is 4. The molecule has 66 valence electrons. The minimum atomic E-state index is 0.479. The third-order valence-corrected chi connectivity index (χ3v) is 1.67. The Balaban J connectivity index is 2.56. The van der Waals surface area contributed by atoms with Crippen molar-refractivity contribution in [2.45, 2.75) is 26.4 Å². The first-order valence-corrected chi connectivity index (χ1v) is 4.16. The minimum Gasteiger partial charge on any atom is -0.467 e. The van der Waals surface area contributed by atoms with Crippen molar-refractivity contribution in [3.63, 3.8) is 0 Å². The predicted octanol–water partition coefficient (Wildman–Crippen LogP) is 2.42. The van der Waals surface area contributed by atoms with Crippen molar-refractivity contribution in [2.75, 3.05) is 0 Å². The van der Waals surface area contributed by atoms with Gasteiger partial charge in [0.25, 0.3) is 0 Å². The molecule has 0 bridgehead atoms. The van der Waals surface area contributed by atoms with Crippen LogP contribution in [0.25, 0.3) is 6.08 Å². The highest BCUT2D eigenvalue weighted by atomic mass is 16.3. The Morgan fingerprint density at radius 3 is 3.00 bits per heavy atom. The van der Waals surface area contributed by atoms with Crippen molar-refractivity contribution in [2.24, 2.45) is 0 Å². The normalized spacial score (nSPS) is 10.6. The Morgan fingerprint density at radius 1 is 1.67 bits per heavy atom. The van der Waals surface area contributed by atoms with Crippen LogP contribution in [0.15, 0.2) is 23.3 Å². The fourth-order valence-electron chi connectivity index (χ4n) is 0.973. The van der Waals surface area contributed by atoms with Gasteiger partial charge < -0.3 is 9.73 Å². The van der Waals surface area contributed by atoms with E-state index in [1.54, 1.807) is 12.3 Å². The molecule has 12 heavy (non-hydrogen) atoms. The number of hydrogen-bond acceptors (Lipinski definition) is 2. The van der Waals surface area contributed by atoms with Gasteiger partial charge in [-0.05, 0) is 6.07 Å². The first kappa shape index (κ1) is 9.07. The van der Waals surface area contributed by atoms with Crippen LogP contribution in [0.2, 0.25) is 0 Å². The molecule has 0 amide bonds. The van der Waals surface area contributed by atoms with Gasteiger partial charge in [0, 0.05) is 11.6 Å². The summed E-state index contributed by atoms with van der Waals surface area (Å²) in [6, 6.07) is 2.40. The van der Waals surface area contributed by atoms with E-state index in [0.717, 1.165) is 17.9 Å². The van der Waals surface area contributed by atoms with Crippen molar-refractivity contribution in [3.8, 4) is 0 Å². The second-order valence-corrected chi connectivity index (χ2v) is 3.04. The maximum absolute atomic E-state index is 5.27. The molecular weight excluding hydrogens is 150 g/mol. The predicted molar refractivity (Wildman–Crippen MR) is 50.8 cm³/mol. The summed E-state index contributed by atoms with van der Waals surface area (Å²) in [5, 5.41) is 3.28. The average molecular weight is 165 g/mol. The van der Waals surface area contributed by atoms with Gasteiger partial charge in [0.05, 0.1) is 12.8 Å². The van der Waals surface area contributed by atoms with Crippen LogP contribution in [-0.4, -0.2) is 6.04 Å². The quantitative estimate of drug-likeness (QED) is 0.741. The zero-order valence-corrected chi connectivity index (χ0v) is 7.63. The van der Waals surface area contributed by atoms with Crippen molar-refractivity contribution in [1.29, 1.82) is 0 Å². The third kappa shape index (κ3) is 2.24. The molecule has 0 aromatic carbocycles. The van der Waals surface area contributed by atoms with E-state index < -0.39 is 0 Å². The molecule has 0 aliphatic heterocycles. The van der Waals surface area contributed by atoms with E-state index in [0.29, 0.717) is 6.04 Å². The van der Waals surface area contributed by atoms with E-state index in [4.69, 9.17) is 4.42 Å². The van der Waals surface area contributed by atoms with Crippen LogP contribution < -0.4 is 5.32 Å². The van der Waals surface area contributed by atoms with Gasteiger partial charge in [-0.15, -0.1) is 0 Å². The molecule has 0 aliphatic carbocycles. The lowest BCUT2D eigenvalue weighted by Gasteiger charge is -2.05. The molecule has 0 spiro atoms. The van der Waals surface area contributed by atoms with Crippen LogP contribution >= 0.6 is 0 Å². The van der Waals surface area contributed by atoms with Gasteiger partial charge in [0.15, 0.2) is 0 Å². The third-order valence-electron chi connectivity index (χ3n) is 1.67. The Bertz CT molecular complexity index is 250. The van der Waals surface area contributed by atoms with Gasteiger partial charge in [-0.25, -0.2) is 0 Å². The molecule has 2 nitrogen and oxygen atoms in total. The highest BCUT2D eigenvalue weighted by Gasteiger charge is 2.02. The van der Waals surface area contributed by atoms with Gasteiger partial charge in [0.1, 0.15) is 5.76 Å². The fourth-order valence-corrected chi connectivity index (χ4v) is 0.973. The molecule has 1 heterocycles. The lowest BCUT2D eigenvalue weighted by atomic mass is 10.2. The standard InChI is InChI=1S/C10H15NO/c1-4-9-5-6-12-10(9)7-11-8(2)3/h4-6,8,11H,1,7H2,2-3H3. The zero-order valence-electron chi connectivity index (χ0n) is 7.63. The Morgan fingerprint density at radius 2 is 2.42 bits per heavy atom. The number of nitrogens with one attached hydrogen (secondary N) is 1. The molecule has 0 radical (unpaired) electrons. The van der Waals surface area contributed by atoms with Crippen molar-refractivity contribution in [1.82, 2.24) is 5.32 Å². The van der Waals surface area contributed by atoms with Crippen LogP contribution in [-0.2, 0) is 6.54 Å². The summed E-state index contributed by atoms with van der Waals surface area (Å²) in [7, 11) is 0. The molecular formula is C10H15NO. The summed E-state index contributed by atoms with van der Waals surface area (Å²) in [5.41, 5.74) is 1.07. The minimum absolute atomic E-state index is 0.479. The van der Waals surface area contributed by atoms with E-state index in [-0.39, 0.29) is 0 Å². The first-order chi connectivity index (χ1) is 5.74. The molecule has 0 aliphatic rings. The lowest BCUT2D eigenvalue weighted by molar-refractivity contribution is 0.464. The Kier molecular flexibility index (Phi) is 3.11. The first-order valence-electron chi connectivity index (χ1n) is 4.16. The number of furan rings is 1. The summed E-state index contributed by atoms with van der Waals surface area (Å²) in [6.07, 6.45) is 3.50. The maximum Gasteiger partial charge on any atom is 0.124 e. The summed E-state index contributed by atoms with van der Waals surface area (Å²) < 4.78 is 5.27. The second kappa shape index (κ2) is 4.12. The molecule has 0 fully saturated rings. The van der Waals surface area contributed by atoms with E-state index >= 15 is 0 Å². The largest absolute Gasteiger partial charge is 0.467 e. The molecule has 0 saturated carbocycles. The van der Waals surface area contributed by atoms with Crippen LogP contribution in [0.4, 0.5) is 0 Å². The SMILES string of the molecule is C=Cc1ccoc1CNC(C)C. The molecule has 0 unspecified atom stereocenters. The van der Waals surface area contributed by atoms with Crippen LogP contribution in [0, 0.1) is 0 Å². The lowest BCUT2D eigenvalue weighted by Crippen LogP contribution is -2.21. The van der Waals surface area contributed by atoms with Crippen molar-refractivity contribution >= 4 is 6.08 Å². The topological polar surface area (TPSA) is 25.2 Å². The molecule has 2 heteroatoms. The van der Waals surface area contributed by atoms with Gasteiger partial charge in [-0.3, -0.25) is 0 Å². The fraction of sp³-hybridized carbons (Fsp3) is 0.400. The molecule has 1 aromatic heterocycles. The molecule has 0 saturated heterocycles. The molecule has 1 aromatic rings. The summed E-state index contributed by atoms with van der Waals surface area (Å²) >= 11 is 0. The number of hydrogen-bond donors (Lipinski definition) is 1. The van der Waals surface area contributed by atoms with E-state index in [2.05, 4.69) is 25.7 Å². The smallest absolute Gasteiger partial charge is 0.124 e. The van der Waals surface area contributed by atoms with Crippen LogP contribution in [0.3, 0.4) is 0 Å². The maximum atomic E-state index is 5.27. The van der Waals surface area contributed by atoms with Gasteiger partial charge in [-0.2, -0.15) is 0 Å². The van der Waals surface area contributed by atoms with E-state index in [1.807, 2.05) is 6.07 Å². The van der Waals surface area contributed by atoms with Gasteiger partial charge in [-0.1, -0.05) is 26.5 Å². The zero-order chi connectivity index (χ0) is 8.97. The molecule has 1 rings (SSSR count). The van der Waals surface area contributed by atoms with Gasteiger partial charge >= 0.3 is 0 Å². The molecule has 0 atom stereocenters. The second-order valence-electron chi connectivity index (χ2n) is 3.04. The monoisotopic (exact) mass is 165 g/mol. The summed E-state index contributed by atoms with van der Waals surface area (Å²) in [4.78, 5) is 0. The summed E-state index contributed by atoms with van der Waals surface area (Å²) in [6.45, 7) is 8.69. The molecule has 1 N–H and O–H groups in total. The highest BCUT2D eigenvalue weighted by Crippen LogP contribution is 2.11. The Labute approximate surface area is 73.3 Å². The van der Waals surface area contributed by atoms with Crippen molar-refractivity contribution in [3.05, 3.63) is 30.2 Å². The Hall–Kier alpha value is -1.02. The average Bonchev–Trinajstić information content (AvgIpc) is 2.47.